The van der Waals surface area contributed by atoms with Gasteiger partial charge >= 0.3 is 0 Å². The number of rotatable bonds is 5. The number of nitrogen functional groups attached to an aromatic ring is 1. The zero-order chi connectivity index (χ0) is 21.4. The van der Waals surface area contributed by atoms with E-state index in [4.69, 9.17) is 38.9 Å². The molecule has 0 bridgehead atoms. The van der Waals surface area contributed by atoms with Crippen molar-refractivity contribution < 1.29 is 4.79 Å². The number of carbonyl (C=O) groups excluding carboxylic acids is 1. The summed E-state index contributed by atoms with van der Waals surface area (Å²) in [5, 5.41) is 3.87. The first-order chi connectivity index (χ1) is 14.4. The maximum absolute atomic E-state index is 13.1. The van der Waals surface area contributed by atoms with E-state index in [-0.39, 0.29) is 17.3 Å². The number of halogens is 2. The smallest absolute Gasteiger partial charge is 0.257 e. The highest BCUT2D eigenvalue weighted by molar-refractivity contribution is 6.34. The minimum atomic E-state index is -0.292. The van der Waals surface area contributed by atoms with Crippen molar-refractivity contribution in [1.82, 2.24) is 19.9 Å². The van der Waals surface area contributed by atoms with Gasteiger partial charge in [0.2, 0.25) is 0 Å². The second kappa shape index (κ2) is 8.13. The Labute approximate surface area is 184 Å². The lowest BCUT2D eigenvalue weighted by molar-refractivity contribution is 0.0954. The third-order valence-electron chi connectivity index (χ3n) is 4.88. The number of benzene rings is 2. The molecule has 2 heterocycles. The van der Waals surface area contributed by atoms with Crippen molar-refractivity contribution in [2.24, 2.45) is 5.92 Å². The highest BCUT2D eigenvalue weighted by Crippen LogP contribution is 2.34. The molecule has 3 N–H and O–H groups in total. The highest BCUT2D eigenvalue weighted by atomic mass is 35.5. The number of hydrogen-bond donors (Lipinski definition) is 2. The van der Waals surface area contributed by atoms with Gasteiger partial charge in [0.05, 0.1) is 21.7 Å². The molecular weight excluding hydrogens is 421 g/mol. The molecule has 0 unspecified atom stereocenters. The first-order valence-electron chi connectivity index (χ1n) is 9.67. The predicted molar refractivity (Wildman–Crippen MR) is 123 cm³/mol. The largest absolute Gasteiger partial charge is 0.384 e. The molecule has 0 aliphatic heterocycles. The number of para-hydroxylation sites is 2. The summed E-state index contributed by atoms with van der Waals surface area (Å²) >= 11 is 12.6. The molecule has 2 aromatic carbocycles. The topological polar surface area (TPSA) is 85.8 Å². The van der Waals surface area contributed by atoms with Crippen molar-refractivity contribution in [1.29, 1.82) is 0 Å². The van der Waals surface area contributed by atoms with Crippen LogP contribution in [0.1, 0.15) is 30.6 Å². The summed E-state index contributed by atoms with van der Waals surface area (Å²) in [6.45, 7) is 4.75. The van der Waals surface area contributed by atoms with E-state index >= 15 is 0 Å². The first kappa shape index (κ1) is 20.4. The van der Waals surface area contributed by atoms with Crippen LogP contribution in [0, 0.1) is 5.92 Å². The van der Waals surface area contributed by atoms with Crippen LogP contribution in [0.25, 0.3) is 27.9 Å². The molecule has 0 fully saturated rings. The molecule has 30 heavy (non-hydrogen) atoms. The van der Waals surface area contributed by atoms with Crippen LogP contribution in [0.3, 0.4) is 0 Å². The van der Waals surface area contributed by atoms with Gasteiger partial charge in [-0.2, -0.15) is 0 Å². The standard InChI is InChI=1S/C22H21Cl2N5O/c1-12(2)9-10-26-22(30)18-19-21(28-16-6-4-3-5-15(16)27-19)29(20(18)25)17-11-13(23)7-8-14(17)24/h3-8,11-12H,9-10,25H2,1-2H3,(H,26,30). The quantitative estimate of drug-likeness (QED) is 0.443. The van der Waals surface area contributed by atoms with Gasteiger partial charge in [0, 0.05) is 11.6 Å². The van der Waals surface area contributed by atoms with Gasteiger partial charge in [-0.3, -0.25) is 9.36 Å². The van der Waals surface area contributed by atoms with E-state index in [1.807, 2.05) is 24.3 Å². The Balaban J connectivity index is 1.97. The Bertz CT molecular complexity index is 1270. The maximum Gasteiger partial charge on any atom is 0.257 e. The minimum absolute atomic E-state index is 0.214. The van der Waals surface area contributed by atoms with E-state index in [0.29, 0.717) is 50.4 Å². The summed E-state index contributed by atoms with van der Waals surface area (Å²) in [7, 11) is 0. The molecule has 2 aromatic heterocycles. The molecule has 0 spiro atoms. The van der Waals surface area contributed by atoms with Gasteiger partial charge in [0.25, 0.3) is 5.91 Å². The average Bonchev–Trinajstić information content (AvgIpc) is 2.98. The number of anilines is 1. The van der Waals surface area contributed by atoms with Crippen molar-refractivity contribution in [2.45, 2.75) is 20.3 Å². The second-order valence-electron chi connectivity index (χ2n) is 7.51. The van der Waals surface area contributed by atoms with E-state index in [1.165, 1.54) is 0 Å². The lowest BCUT2D eigenvalue weighted by Gasteiger charge is -2.11. The van der Waals surface area contributed by atoms with Crippen molar-refractivity contribution in [3.8, 4) is 5.69 Å². The van der Waals surface area contributed by atoms with Crippen molar-refractivity contribution in [2.75, 3.05) is 12.3 Å². The number of hydrogen-bond acceptors (Lipinski definition) is 4. The molecule has 4 rings (SSSR count). The molecule has 6 nitrogen and oxygen atoms in total. The van der Waals surface area contributed by atoms with Crippen LogP contribution in [0.15, 0.2) is 42.5 Å². The number of carbonyl (C=O) groups is 1. The molecule has 0 saturated carbocycles. The van der Waals surface area contributed by atoms with E-state index in [0.717, 1.165) is 6.42 Å². The summed E-state index contributed by atoms with van der Waals surface area (Å²) in [4.78, 5) is 22.5. The molecule has 0 saturated heterocycles. The molecule has 1 amide bonds. The summed E-state index contributed by atoms with van der Waals surface area (Å²) in [6.07, 6.45) is 0.860. The van der Waals surface area contributed by atoms with Crippen molar-refractivity contribution >= 4 is 57.1 Å². The zero-order valence-corrected chi connectivity index (χ0v) is 18.1. The van der Waals surface area contributed by atoms with Gasteiger partial charge in [-0.25, -0.2) is 9.97 Å². The third-order valence-corrected chi connectivity index (χ3v) is 5.44. The number of nitrogens with two attached hydrogens (primary N) is 1. The van der Waals surface area contributed by atoms with E-state index in [9.17, 15) is 4.79 Å². The number of amides is 1. The number of aromatic nitrogens is 3. The molecule has 0 atom stereocenters. The summed E-state index contributed by atoms with van der Waals surface area (Å²) in [5.41, 5.74) is 9.54. The Morgan fingerprint density at radius 1 is 1.13 bits per heavy atom. The predicted octanol–water partition coefficient (Wildman–Crippen LogP) is 5.24. The maximum atomic E-state index is 13.1. The average molecular weight is 442 g/mol. The number of nitrogens with zero attached hydrogens (tertiary/aromatic N) is 3. The Morgan fingerprint density at radius 2 is 1.83 bits per heavy atom. The third kappa shape index (κ3) is 3.68. The SMILES string of the molecule is CC(C)CCNC(=O)c1c(N)n(-c2cc(Cl)ccc2Cl)c2nc3ccccc3nc12. The van der Waals surface area contributed by atoms with E-state index in [1.54, 1.807) is 22.8 Å². The van der Waals surface area contributed by atoms with Gasteiger partial charge in [0.1, 0.15) is 16.9 Å². The Kier molecular flexibility index (Phi) is 5.54. The van der Waals surface area contributed by atoms with Crippen LogP contribution in [0.2, 0.25) is 10.0 Å². The van der Waals surface area contributed by atoms with Gasteiger partial charge in [-0.1, -0.05) is 49.2 Å². The van der Waals surface area contributed by atoms with Gasteiger partial charge in [-0.15, -0.1) is 0 Å². The fourth-order valence-corrected chi connectivity index (χ4v) is 3.72. The molecule has 154 valence electrons. The van der Waals surface area contributed by atoms with Crippen LogP contribution in [0.5, 0.6) is 0 Å². The molecule has 0 aliphatic carbocycles. The van der Waals surface area contributed by atoms with Crippen molar-refractivity contribution in [3.63, 3.8) is 0 Å². The Hall–Kier alpha value is -2.83. The number of nitrogens with one attached hydrogen (secondary N) is 1. The highest BCUT2D eigenvalue weighted by Gasteiger charge is 2.25. The van der Waals surface area contributed by atoms with E-state index < -0.39 is 0 Å². The number of fused-ring (bicyclic) bond motifs is 2. The summed E-state index contributed by atoms with van der Waals surface area (Å²) < 4.78 is 1.64. The van der Waals surface area contributed by atoms with Crippen LogP contribution in [0.4, 0.5) is 5.82 Å². The van der Waals surface area contributed by atoms with Crippen LogP contribution < -0.4 is 11.1 Å². The molecule has 8 heteroatoms. The normalized spacial score (nSPS) is 11.5. The first-order valence-corrected chi connectivity index (χ1v) is 10.4. The molecule has 0 radical (unpaired) electrons. The molecule has 0 aliphatic rings. The molecular formula is C22H21Cl2N5O. The van der Waals surface area contributed by atoms with Gasteiger partial charge in [0.15, 0.2) is 5.65 Å². The zero-order valence-electron chi connectivity index (χ0n) is 16.6. The molecule has 4 aromatic rings. The summed E-state index contributed by atoms with van der Waals surface area (Å²) in [5.74, 6) is 0.393. The Morgan fingerprint density at radius 3 is 2.53 bits per heavy atom. The van der Waals surface area contributed by atoms with Crippen LogP contribution in [-0.2, 0) is 0 Å². The summed E-state index contributed by atoms with van der Waals surface area (Å²) in [6, 6.07) is 12.5. The lowest BCUT2D eigenvalue weighted by atomic mass is 10.1. The van der Waals surface area contributed by atoms with Crippen LogP contribution in [-0.4, -0.2) is 27.0 Å². The van der Waals surface area contributed by atoms with E-state index in [2.05, 4.69) is 19.2 Å². The van der Waals surface area contributed by atoms with Gasteiger partial charge < -0.3 is 11.1 Å². The second-order valence-corrected chi connectivity index (χ2v) is 8.36. The fourth-order valence-electron chi connectivity index (χ4n) is 3.35. The van der Waals surface area contributed by atoms with Crippen LogP contribution >= 0.6 is 23.2 Å². The van der Waals surface area contributed by atoms with Crippen molar-refractivity contribution in [3.05, 3.63) is 58.1 Å². The van der Waals surface area contributed by atoms with Gasteiger partial charge in [-0.05, 0) is 42.7 Å². The minimum Gasteiger partial charge on any atom is -0.384 e. The monoisotopic (exact) mass is 441 g/mol. The fraction of sp³-hybridized carbons (Fsp3) is 0.227. The lowest BCUT2D eigenvalue weighted by Crippen LogP contribution is -2.26.